The number of carbonyl (C=O) groups is 6. The third-order valence-electron chi connectivity index (χ3n) is 10.1. The molecule has 1 saturated heterocycles. The Bertz CT molecular complexity index is 1180. The first kappa shape index (κ1) is 50.7. The summed E-state index contributed by atoms with van der Waals surface area (Å²) in [6, 6.07) is -1.87. The monoisotopic (exact) mass is 768 g/mol. The molecule has 3 unspecified atom stereocenters. The van der Waals surface area contributed by atoms with Gasteiger partial charge >= 0.3 is 6.03 Å². The Balaban J connectivity index is 0.0000138. The van der Waals surface area contributed by atoms with Crippen LogP contribution >= 0.6 is 0 Å². The summed E-state index contributed by atoms with van der Waals surface area (Å²) in [6.45, 7) is 23.4. The molecule has 0 aromatic heterocycles. The summed E-state index contributed by atoms with van der Waals surface area (Å²) in [6.07, 6.45) is 4.08. The van der Waals surface area contributed by atoms with Gasteiger partial charge in [0.15, 0.2) is 0 Å². The van der Waals surface area contributed by atoms with Crippen molar-refractivity contribution in [2.45, 2.75) is 145 Å². The van der Waals surface area contributed by atoms with E-state index in [1.165, 1.54) is 4.90 Å². The minimum atomic E-state index is -0.747. The predicted octanol–water partition coefficient (Wildman–Crippen LogP) is 4.17. The van der Waals surface area contributed by atoms with Crippen LogP contribution in [0.25, 0.3) is 0 Å². The highest BCUT2D eigenvalue weighted by atomic mass is 16.5. The van der Waals surface area contributed by atoms with Gasteiger partial charge in [0.1, 0.15) is 6.04 Å². The molecule has 1 aliphatic heterocycles. The number of hydrogen-bond donors (Lipinski definition) is 4. The Morgan fingerprint density at radius 3 is 1.96 bits per heavy atom. The van der Waals surface area contributed by atoms with Crippen LogP contribution in [0.2, 0.25) is 0 Å². The Morgan fingerprint density at radius 2 is 1.46 bits per heavy atom. The second-order valence-electron chi connectivity index (χ2n) is 15.7. The Labute approximate surface area is 327 Å². The molecular weight excluding hydrogens is 690 g/mol. The maximum absolute atomic E-state index is 14.1. The summed E-state index contributed by atoms with van der Waals surface area (Å²) in [4.78, 5) is 81.8. The second-order valence-corrected chi connectivity index (χ2v) is 15.7. The molecule has 0 aromatic carbocycles. The number of hydrogen-bond acceptors (Lipinski definition) is 8. The minimum Gasteiger partial charge on any atom is -0.379 e. The van der Waals surface area contributed by atoms with Crippen LogP contribution in [0.3, 0.4) is 0 Å². The van der Waals surface area contributed by atoms with Crippen LogP contribution in [-0.4, -0.2) is 128 Å². The quantitative estimate of drug-likeness (QED) is 0.0839. The van der Waals surface area contributed by atoms with E-state index in [0.29, 0.717) is 19.6 Å². The van der Waals surface area contributed by atoms with Crippen molar-refractivity contribution >= 4 is 35.6 Å². The second kappa shape index (κ2) is 25.8. The molecule has 0 spiro atoms. The highest BCUT2D eigenvalue weighted by molar-refractivity contribution is 6.05. The first-order valence-electron chi connectivity index (χ1n) is 20.3. The average Bonchev–Trinajstić information content (AvgIpc) is 3.30. The molecule has 0 saturated carbocycles. The number of methoxy groups -OCH3 is 1. The molecule has 1 aliphatic rings. The number of ether oxygens (including phenoxy) is 1. The number of imide groups is 1. The average molecular weight is 768 g/mol. The molecular formula is C40H77N7O7. The van der Waals surface area contributed by atoms with Crippen molar-refractivity contribution in [3.8, 4) is 0 Å². The minimum absolute atomic E-state index is 0.00404. The maximum atomic E-state index is 14.1. The molecule has 5 atom stereocenters. The Morgan fingerprint density at radius 1 is 0.870 bits per heavy atom. The molecule has 1 fully saturated rings. The summed E-state index contributed by atoms with van der Waals surface area (Å²) in [5.41, 5.74) is -0.687. The molecule has 0 aromatic rings. The van der Waals surface area contributed by atoms with Crippen LogP contribution in [0.15, 0.2) is 0 Å². The van der Waals surface area contributed by atoms with Gasteiger partial charge in [-0.05, 0) is 51.1 Å². The summed E-state index contributed by atoms with van der Waals surface area (Å²) >= 11 is 0. The van der Waals surface area contributed by atoms with Crippen LogP contribution < -0.4 is 21.3 Å². The maximum Gasteiger partial charge on any atom is 0.314 e. The van der Waals surface area contributed by atoms with E-state index in [1.54, 1.807) is 32.9 Å². The summed E-state index contributed by atoms with van der Waals surface area (Å²) in [7, 11) is 5.23. The van der Waals surface area contributed by atoms with Gasteiger partial charge in [0.05, 0.1) is 30.0 Å². The number of nitrogens with zero attached hydrogens (tertiary/aromatic N) is 3. The van der Waals surface area contributed by atoms with Crippen molar-refractivity contribution in [2.75, 3.05) is 53.9 Å². The van der Waals surface area contributed by atoms with Gasteiger partial charge in [-0.1, -0.05) is 88.5 Å². The third-order valence-corrected chi connectivity index (χ3v) is 10.1. The van der Waals surface area contributed by atoms with E-state index < -0.39 is 23.6 Å². The lowest BCUT2D eigenvalue weighted by molar-refractivity contribution is -0.144. The van der Waals surface area contributed by atoms with Gasteiger partial charge in [-0.25, -0.2) is 4.79 Å². The smallest absolute Gasteiger partial charge is 0.314 e. The predicted molar refractivity (Wildman–Crippen MR) is 214 cm³/mol. The largest absolute Gasteiger partial charge is 0.379 e. The fourth-order valence-electron chi connectivity index (χ4n) is 6.94. The number of amides is 7. The van der Waals surface area contributed by atoms with Gasteiger partial charge < -0.3 is 30.9 Å². The number of carbonyl (C=O) groups excluding carboxylic acids is 6. The van der Waals surface area contributed by atoms with Crippen LogP contribution in [0, 0.1) is 23.2 Å². The molecule has 14 heteroatoms. The number of rotatable bonds is 24. The van der Waals surface area contributed by atoms with E-state index in [1.807, 2.05) is 74.3 Å². The normalized spacial score (nSPS) is 16.6. The van der Waals surface area contributed by atoms with Gasteiger partial charge in [0.25, 0.3) is 0 Å². The van der Waals surface area contributed by atoms with E-state index in [9.17, 15) is 28.8 Å². The van der Waals surface area contributed by atoms with E-state index in [0.717, 1.165) is 32.1 Å². The molecule has 54 heavy (non-hydrogen) atoms. The fourth-order valence-corrected chi connectivity index (χ4v) is 6.94. The zero-order valence-corrected chi connectivity index (χ0v) is 36.2. The Kier molecular flexibility index (Phi) is 24.2. The van der Waals surface area contributed by atoms with E-state index in [-0.39, 0.29) is 85.3 Å². The topological polar surface area (TPSA) is 169 Å². The van der Waals surface area contributed by atoms with Gasteiger partial charge in [-0.3, -0.25) is 33.8 Å². The van der Waals surface area contributed by atoms with Gasteiger partial charge in [0.2, 0.25) is 29.5 Å². The fraction of sp³-hybridized carbons (Fsp3) is 0.850. The zero-order chi connectivity index (χ0) is 41.8. The first-order valence-corrected chi connectivity index (χ1v) is 20.3. The lowest BCUT2D eigenvalue weighted by Crippen LogP contribution is -2.59. The molecule has 1 heterocycles. The number of urea groups is 1. The van der Waals surface area contributed by atoms with Crippen LogP contribution in [0.5, 0.6) is 0 Å². The molecule has 0 bridgehead atoms. The summed E-state index contributed by atoms with van der Waals surface area (Å²) < 4.78 is 5.78. The molecule has 0 radical (unpaired) electrons. The van der Waals surface area contributed by atoms with Gasteiger partial charge in [-0.15, -0.1) is 0 Å². The van der Waals surface area contributed by atoms with Crippen molar-refractivity contribution in [1.29, 1.82) is 0 Å². The van der Waals surface area contributed by atoms with E-state index in [2.05, 4.69) is 21.3 Å². The van der Waals surface area contributed by atoms with Crippen molar-refractivity contribution in [2.24, 2.45) is 23.2 Å². The Hall–Kier alpha value is -3.26. The van der Waals surface area contributed by atoms with E-state index >= 15 is 0 Å². The summed E-state index contributed by atoms with van der Waals surface area (Å²) in [5.74, 6) is -1.06. The SMILES string of the molecule is CC.CCNC(=O)CC(OC)C([C@@H](C)CC)N(C)C(=O)[C@@H](NC(=O)C(C(C)C)N(C)CCCCCCNC(=O)NCCN1C(=O)CC(C)(C)C1=O)C(C)C. The highest BCUT2D eigenvalue weighted by Crippen LogP contribution is 2.31. The standard InChI is InChI=1S/C38H71N7O7.C2H6/c1-13-27(7)33(28(52-12)23-29(46)39-14-2)44(11)35(49)31(25(3)4)42-34(48)32(26(5)6)43(10)21-18-16-15-17-19-40-37(51)41-20-22-45-30(47)24-38(8,9)36(45)50;1-2/h25-28,31-33H,13-24H2,1-12H3,(H,39,46)(H,42,48)(H2,40,41,51);1-2H3/t27-,28?,31-,32?,33?;/m0./s1. The van der Waals surface area contributed by atoms with Gasteiger partial charge in [0, 0.05) is 46.8 Å². The number of unbranched alkanes of at least 4 members (excludes halogenated alkanes) is 3. The van der Waals surface area contributed by atoms with Crippen molar-refractivity contribution in [3.05, 3.63) is 0 Å². The number of likely N-dealkylation sites (N-methyl/N-ethyl adjacent to an activating group) is 2. The molecule has 0 aliphatic carbocycles. The molecule has 7 amide bonds. The highest BCUT2D eigenvalue weighted by Gasteiger charge is 2.44. The van der Waals surface area contributed by atoms with Crippen molar-refractivity contribution < 1.29 is 33.5 Å². The van der Waals surface area contributed by atoms with Crippen LogP contribution in [0.4, 0.5) is 4.79 Å². The van der Waals surface area contributed by atoms with Crippen molar-refractivity contribution in [3.63, 3.8) is 0 Å². The van der Waals surface area contributed by atoms with Crippen molar-refractivity contribution in [1.82, 2.24) is 36.0 Å². The van der Waals surface area contributed by atoms with Crippen LogP contribution in [-0.2, 0) is 28.7 Å². The lowest BCUT2D eigenvalue weighted by atomic mass is 9.89. The zero-order valence-electron chi connectivity index (χ0n) is 36.2. The molecule has 4 N–H and O–H groups in total. The van der Waals surface area contributed by atoms with E-state index in [4.69, 9.17) is 4.74 Å². The van der Waals surface area contributed by atoms with Crippen LogP contribution in [0.1, 0.15) is 121 Å². The number of nitrogens with one attached hydrogen (secondary N) is 4. The number of likely N-dealkylation sites (tertiary alicyclic amines) is 1. The first-order chi connectivity index (χ1) is 25.3. The molecule has 314 valence electrons. The molecule has 1 rings (SSSR count). The third kappa shape index (κ3) is 16.2. The lowest BCUT2D eigenvalue weighted by Gasteiger charge is -2.40. The molecule has 14 nitrogen and oxygen atoms in total. The van der Waals surface area contributed by atoms with Gasteiger partial charge in [-0.2, -0.15) is 0 Å². The summed E-state index contributed by atoms with van der Waals surface area (Å²) in [5, 5.41) is 11.4.